The maximum Gasteiger partial charge on any atom is 0.221 e. The van der Waals surface area contributed by atoms with Crippen LogP contribution >= 0.6 is 0 Å². The van der Waals surface area contributed by atoms with Gasteiger partial charge in [-0.05, 0) is 45.4 Å². The molecule has 1 rings (SSSR count). The molecular weight excluding hydrogens is 202 g/mol. The van der Waals surface area contributed by atoms with E-state index in [9.17, 15) is 4.79 Å². The highest BCUT2D eigenvalue weighted by molar-refractivity contribution is 5.76. The van der Waals surface area contributed by atoms with Crippen molar-refractivity contribution in [2.24, 2.45) is 5.41 Å². The topological polar surface area (TPSA) is 44.4 Å². The lowest BCUT2D eigenvalue weighted by atomic mass is 9.81. The molecule has 0 aromatic heterocycles. The van der Waals surface area contributed by atoms with E-state index in [1.165, 1.54) is 0 Å². The first kappa shape index (κ1) is 13.5. The van der Waals surface area contributed by atoms with Crippen molar-refractivity contribution < 1.29 is 4.79 Å². The number of nitrogens with one attached hydrogen (secondary N) is 2. The fraction of sp³-hybridized carbons (Fsp3) is 0.917. The first-order chi connectivity index (χ1) is 7.52. The third kappa shape index (κ3) is 4.94. The number of carbonyl (C=O) groups is 1. The van der Waals surface area contributed by atoms with Crippen molar-refractivity contribution in [1.82, 2.24) is 15.5 Å². The highest BCUT2D eigenvalue weighted by atomic mass is 16.1. The number of nitrogens with zero attached hydrogens (tertiary/aromatic N) is 1. The summed E-state index contributed by atoms with van der Waals surface area (Å²) in [4.78, 5) is 13.6. The SMILES string of the molecule is CN(C)CCC(=O)NCC1(C)CCNCC1. The van der Waals surface area contributed by atoms with Gasteiger partial charge in [-0.25, -0.2) is 0 Å². The summed E-state index contributed by atoms with van der Waals surface area (Å²) < 4.78 is 0. The molecule has 0 aromatic carbocycles. The minimum atomic E-state index is 0.174. The number of hydrogen-bond acceptors (Lipinski definition) is 3. The molecule has 1 fully saturated rings. The molecule has 94 valence electrons. The van der Waals surface area contributed by atoms with Crippen LogP contribution in [0, 0.1) is 5.41 Å². The van der Waals surface area contributed by atoms with Gasteiger partial charge in [0.2, 0.25) is 5.91 Å². The van der Waals surface area contributed by atoms with E-state index in [1.807, 2.05) is 19.0 Å². The van der Waals surface area contributed by atoms with Crippen LogP contribution in [0.1, 0.15) is 26.2 Å². The zero-order valence-corrected chi connectivity index (χ0v) is 10.8. The molecule has 1 aliphatic rings. The molecule has 0 aromatic rings. The summed E-state index contributed by atoms with van der Waals surface area (Å²) in [6.07, 6.45) is 2.91. The van der Waals surface area contributed by atoms with Crippen LogP contribution in [0.4, 0.5) is 0 Å². The van der Waals surface area contributed by atoms with Crippen LogP contribution in [-0.2, 0) is 4.79 Å². The molecule has 0 spiro atoms. The quantitative estimate of drug-likeness (QED) is 0.716. The average molecular weight is 227 g/mol. The van der Waals surface area contributed by atoms with Crippen LogP contribution in [0.5, 0.6) is 0 Å². The Morgan fingerprint density at radius 1 is 1.38 bits per heavy atom. The van der Waals surface area contributed by atoms with Gasteiger partial charge in [0.05, 0.1) is 0 Å². The Morgan fingerprint density at radius 3 is 2.56 bits per heavy atom. The van der Waals surface area contributed by atoms with Gasteiger partial charge in [0, 0.05) is 19.5 Å². The van der Waals surface area contributed by atoms with Crippen LogP contribution in [-0.4, -0.2) is 51.1 Å². The first-order valence-corrected chi connectivity index (χ1v) is 6.14. The Bertz CT molecular complexity index is 222. The first-order valence-electron chi connectivity index (χ1n) is 6.14. The Morgan fingerprint density at radius 2 is 2.00 bits per heavy atom. The van der Waals surface area contributed by atoms with Gasteiger partial charge in [-0.15, -0.1) is 0 Å². The molecule has 0 aliphatic carbocycles. The predicted octanol–water partition coefficient (Wildman–Crippen LogP) is 0.444. The predicted molar refractivity (Wildman–Crippen MR) is 66.4 cm³/mol. The van der Waals surface area contributed by atoms with Gasteiger partial charge in [0.15, 0.2) is 0 Å². The van der Waals surface area contributed by atoms with E-state index in [-0.39, 0.29) is 5.91 Å². The van der Waals surface area contributed by atoms with Crippen molar-refractivity contribution in [3.8, 4) is 0 Å². The lowest BCUT2D eigenvalue weighted by Gasteiger charge is -2.34. The second kappa shape index (κ2) is 6.21. The molecule has 1 heterocycles. The molecule has 16 heavy (non-hydrogen) atoms. The average Bonchev–Trinajstić information content (AvgIpc) is 2.25. The van der Waals surface area contributed by atoms with Crippen LogP contribution in [0.15, 0.2) is 0 Å². The fourth-order valence-corrected chi connectivity index (χ4v) is 1.93. The van der Waals surface area contributed by atoms with E-state index in [4.69, 9.17) is 0 Å². The molecule has 0 bridgehead atoms. The van der Waals surface area contributed by atoms with Crippen LogP contribution in [0.3, 0.4) is 0 Å². The number of carbonyl (C=O) groups excluding carboxylic acids is 1. The van der Waals surface area contributed by atoms with Gasteiger partial charge in [-0.2, -0.15) is 0 Å². The third-order valence-electron chi connectivity index (χ3n) is 3.31. The molecule has 4 heteroatoms. The van der Waals surface area contributed by atoms with Gasteiger partial charge in [-0.1, -0.05) is 6.92 Å². The van der Waals surface area contributed by atoms with Crippen molar-refractivity contribution in [3.63, 3.8) is 0 Å². The van der Waals surface area contributed by atoms with Crippen LogP contribution in [0.2, 0.25) is 0 Å². The Kier molecular flexibility index (Phi) is 5.22. The summed E-state index contributed by atoms with van der Waals surface area (Å²) in [7, 11) is 3.97. The summed E-state index contributed by atoms with van der Waals surface area (Å²) in [5, 5.41) is 6.40. The molecule has 0 unspecified atom stereocenters. The fourth-order valence-electron chi connectivity index (χ4n) is 1.93. The molecule has 4 nitrogen and oxygen atoms in total. The molecule has 1 aliphatic heterocycles. The largest absolute Gasteiger partial charge is 0.356 e. The molecular formula is C12H25N3O. The Labute approximate surface area is 98.8 Å². The van der Waals surface area contributed by atoms with Crippen molar-refractivity contribution in [2.75, 3.05) is 40.3 Å². The lowest BCUT2D eigenvalue weighted by Crippen LogP contribution is -2.43. The summed E-state index contributed by atoms with van der Waals surface area (Å²) in [6, 6.07) is 0. The third-order valence-corrected chi connectivity index (χ3v) is 3.31. The number of amides is 1. The van der Waals surface area contributed by atoms with Gasteiger partial charge < -0.3 is 15.5 Å². The van der Waals surface area contributed by atoms with Crippen molar-refractivity contribution in [1.29, 1.82) is 0 Å². The summed E-state index contributed by atoms with van der Waals surface area (Å²) >= 11 is 0. The van der Waals surface area contributed by atoms with Crippen LogP contribution in [0.25, 0.3) is 0 Å². The maximum absolute atomic E-state index is 11.6. The van der Waals surface area contributed by atoms with E-state index < -0.39 is 0 Å². The molecule has 1 saturated heterocycles. The van der Waals surface area contributed by atoms with Gasteiger partial charge in [0.25, 0.3) is 0 Å². The lowest BCUT2D eigenvalue weighted by molar-refractivity contribution is -0.121. The monoisotopic (exact) mass is 227 g/mol. The normalized spacial score (nSPS) is 19.8. The number of rotatable bonds is 5. The number of piperidine rings is 1. The van der Waals surface area contributed by atoms with E-state index in [0.717, 1.165) is 39.0 Å². The van der Waals surface area contributed by atoms with Gasteiger partial charge >= 0.3 is 0 Å². The van der Waals surface area contributed by atoms with E-state index in [0.29, 0.717) is 11.8 Å². The smallest absolute Gasteiger partial charge is 0.221 e. The zero-order chi connectivity index (χ0) is 12.0. The standard InChI is InChI=1S/C12H25N3O/c1-12(5-7-13-8-6-12)10-14-11(16)4-9-15(2)3/h13H,4-10H2,1-3H3,(H,14,16). The van der Waals surface area contributed by atoms with Crippen molar-refractivity contribution in [3.05, 3.63) is 0 Å². The molecule has 0 radical (unpaired) electrons. The molecule has 2 N–H and O–H groups in total. The summed E-state index contributed by atoms with van der Waals surface area (Å²) in [5.74, 6) is 0.174. The van der Waals surface area contributed by atoms with Gasteiger partial charge in [0.1, 0.15) is 0 Å². The van der Waals surface area contributed by atoms with Crippen molar-refractivity contribution >= 4 is 5.91 Å². The Balaban J connectivity index is 2.19. The molecule has 0 saturated carbocycles. The highest BCUT2D eigenvalue weighted by Crippen LogP contribution is 2.26. The van der Waals surface area contributed by atoms with Crippen molar-refractivity contribution in [2.45, 2.75) is 26.2 Å². The second-order valence-corrected chi connectivity index (χ2v) is 5.39. The molecule has 1 amide bonds. The summed E-state index contributed by atoms with van der Waals surface area (Å²) in [5.41, 5.74) is 0.291. The minimum Gasteiger partial charge on any atom is -0.356 e. The number of hydrogen-bond donors (Lipinski definition) is 2. The second-order valence-electron chi connectivity index (χ2n) is 5.39. The highest BCUT2D eigenvalue weighted by Gasteiger charge is 2.26. The van der Waals surface area contributed by atoms with E-state index in [2.05, 4.69) is 17.6 Å². The summed E-state index contributed by atoms with van der Waals surface area (Å²) in [6.45, 7) is 6.05. The maximum atomic E-state index is 11.6. The van der Waals surface area contributed by atoms with E-state index >= 15 is 0 Å². The molecule has 0 atom stereocenters. The zero-order valence-electron chi connectivity index (χ0n) is 10.8. The Hall–Kier alpha value is -0.610. The van der Waals surface area contributed by atoms with Crippen LogP contribution < -0.4 is 10.6 Å². The van der Waals surface area contributed by atoms with Gasteiger partial charge in [-0.3, -0.25) is 4.79 Å². The minimum absolute atomic E-state index is 0.174. The van der Waals surface area contributed by atoms with E-state index in [1.54, 1.807) is 0 Å².